The van der Waals surface area contributed by atoms with Gasteiger partial charge < -0.3 is 72.8 Å². The molecule has 20 nitrogen and oxygen atoms in total. The number of fused-ring (bicyclic) bond motifs is 6. The topological polar surface area (TPSA) is 248 Å². The molecule has 0 radical (unpaired) electrons. The van der Waals surface area contributed by atoms with Gasteiger partial charge in [-0.1, -0.05) is 115 Å². The van der Waals surface area contributed by atoms with Crippen molar-refractivity contribution in [3.05, 3.63) is 289 Å². The van der Waals surface area contributed by atoms with Crippen LogP contribution in [-0.2, 0) is 13.2 Å². The third-order valence-electron chi connectivity index (χ3n) is 20.2. The van der Waals surface area contributed by atoms with Crippen LogP contribution in [-0.4, -0.2) is 118 Å². The highest BCUT2D eigenvalue weighted by Gasteiger charge is 2.19. The number of hydrogen-bond donors (Lipinski definition) is 11. The number of aliphatic hydroxyl groups excluding tert-OH is 2. The van der Waals surface area contributed by atoms with Crippen molar-refractivity contribution in [2.24, 2.45) is 0 Å². The molecule has 0 fully saturated rings. The molecule has 0 saturated heterocycles. The van der Waals surface area contributed by atoms with Crippen LogP contribution in [0.4, 0.5) is 99.7 Å². The van der Waals surface area contributed by atoms with Crippen molar-refractivity contribution in [1.29, 1.82) is 0 Å². The molecule has 3 aromatic heterocycles. The Kier molecular flexibility index (Phi) is 30.3. The second-order valence-electron chi connectivity index (χ2n) is 28.5. The first kappa shape index (κ1) is 86.8. The number of para-hydroxylation sites is 6. The third kappa shape index (κ3) is 22.3. The number of halogens is 6. The third-order valence-corrected chi connectivity index (χ3v) is 21.2. The lowest BCUT2D eigenvalue weighted by molar-refractivity contribution is 0.261. The van der Waals surface area contributed by atoms with Crippen molar-refractivity contribution in [1.82, 2.24) is 15.0 Å². The normalized spacial score (nSPS) is 11.0. The van der Waals surface area contributed by atoms with E-state index in [9.17, 15) is 24.6 Å². The number of pyridine rings is 3. The Hall–Kier alpha value is -12.1. The number of urea groups is 3. The summed E-state index contributed by atoms with van der Waals surface area (Å²) in [6, 6.07) is 82.7. The maximum Gasteiger partial charge on any atom is 0.323 e. The molecule has 0 spiro atoms. The highest BCUT2D eigenvalue weighted by Crippen LogP contribution is 2.40. The van der Waals surface area contributed by atoms with Crippen molar-refractivity contribution in [2.45, 2.75) is 34.0 Å². The highest BCUT2D eigenvalue weighted by molar-refractivity contribution is 6.20. The number of alkyl halides is 6. The molecule has 0 atom stereocenters. The van der Waals surface area contributed by atoms with Crippen molar-refractivity contribution >= 4 is 238 Å². The Labute approximate surface area is 732 Å². The predicted molar refractivity (Wildman–Crippen MR) is 511 cm³/mol. The minimum absolute atomic E-state index is 0.174. The molecular formula is C95H91Cl6N15O5. The summed E-state index contributed by atoms with van der Waals surface area (Å²) in [6.07, 6.45) is 0. The van der Waals surface area contributed by atoms with E-state index in [1.807, 2.05) is 244 Å². The Balaban J connectivity index is 0.000000157. The van der Waals surface area contributed by atoms with Gasteiger partial charge in [0, 0.05) is 175 Å². The van der Waals surface area contributed by atoms with Crippen LogP contribution in [0.5, 0.6) is 0 Å². The molecule has 11 N–H and O–H groups in total. The summed E-state index contributed by atoms with van der Waals surface area (Å²) in [4.78, 5) is 59.6. The van der Waals surface area contributed by atoms with E-state index in [4.69, 9.17) is 84.6 Å². The van der Waals surface area contributed by atoms with Crippen LogP contribution in [0.25, 0.3) is 65.4 Å². The molecule has 15 aromatic rings. The molecule has 618 valence electrons. The molecule has 26 heteroatoms. The minimum atomic E-state index is -0.396. The monoisotopic (exact) mass is 1730 g/mol. The second-order valence-corrected chi connectivity index (χ2v) is 30.8. The Morgan fingerprint density at radius 2 is 0.579 bits per heavy atom. The fourth-order valence-corrected chi connectivity index (χ4v) is 15.6. The van der Waals surface area contributed by atoms with E-state index >= 15 is 0 Å². The second kappa shape index (κ2) is 42.2. The first-order valence-corrected chi connectivity index (χ1v) is 42.6. The lowest BCUT2D eigenvalue weighted by Gasteiger charge is -2.23. The Morgan fingerprint density at radius 3 is 0.926 bits per heavy atom. The van der Waals surface area contributed by atoms with Crippen LogP contribution in [0.3, 0.4) is 0 Å². The van der Waals surface area contributed by atoms with E-state index in [0.717, 1.165) is 133 Å². The number of nitrogens with one attached hydrogen (secondary N) is 9. The van der Waals surface area contributed by atoms with E-state index in [1.54, 1.807) is 12.1 Å². The van der Waals surface area contributed by atoms with Gasteiger partial charge in [-0.15, -0.1) is 69.6 Å². The molecule has 0 aliphatic carbocycles. The molecule has 6 amide bonds. The molecule has 0 aliphatic rings. The van der Waals surface area contributed by atoms with Crippen LogP contribution in [0.1, 0.15) is 27.8 Å². The maximum atomic E-state index is 12.9. The van der Waals surface area contributed by atoms with Crippen molar-refractivity contribution in [2.75, 3.05) is 137 Å². The number of aliphatic hydroxyl groups is 2. The van der Waals surface area contributed by atoms with Gasteiger partial charge in [-0.2, -0.15) is 0 Å². The number of anilines is 15. The van der Waals surface area contributed by atoms with E-state index in [0.29, 0.717) is 120 Å². The van der Waals surface area contributed by atoms with Crippen LogP contribution >= 0.6 is 69.6 Å². The van der Waals surface area contributed by atoms with Gasteiger partial charge in [-0.3, -0.25) is 0 Å². The van der Waals surface area contributed by atoms with Gasteiger partial charge in [-0.05, 0) is 194 Å². The molecule has 12 aromatic carbocycles. The van der Waals surface area contributed by atoms with Gasteiger partial charge in [0.25, 0.3) is 0 Å². The first-order valence-electron chi connectivity index (χ1n) is 39.4. The van der Waals surface area contributed by atoms with Crippen molar-refractivity contribution in [3.63, 3.8) is 0 Å². The van der Waals surface area contributed by atoms with Gasteiger partial charge in [-0.25, -0.2) is 29.3 Å². The lowest BCUT2D eigenvalue weighted by atomic mass is 10.0. The number of rotatable bonds is 29. The average Bonchev–Trinajstić information content (AvgIpc) is 0.784. The van der Waals surface area contributed by atoms with Crippen LogP contribution < -0.4 is 62.6 Å². The average molecular weight is 1740 g/mol. The summed E-state index contributed by atoms with van der Waals surface area (Å²) < 4.78 is 0. The van der Waals surface area contributed by atoms with Crippen LogP contribution in [0.2, 0.25) is 0 Å². The summed E-state index contributed by atoms with van der Waals surface area (Å²) in [5, 5.41) is 54.0. The maximum absolute atomic E-state index is 12.9. The summed E-state index contributed by atoms with van der Waals surface area (Å²) in [5.74, 6) is 3.01. The van der Waals surface area contributed by atoms with E-state index in [1.165, 1.54) is 0 Å². The van der Waals surface area contributed by atoms with Gasteiger partial charge in [0.1, 0.15) is 0 Å². The zero-order valence-corrected chi connectivity index (χ0v) is 71.3. The number of benzene rings is 12. The number of aromatic nitrogens is 3. The molecule has 0 aliphatic heterocycles. The van der Waals surface area contributed by atoms with Gasteiger partial charge in [0.15, 0.2) is 0 Å². The zero-order chi connectivity index (χ0) is 84.7. The van der Waals surface area contributed by atoms with E-state index in [2.05, 4.69) is 87.7 Å². The fraction of sp³-hybridized carbons (Fsp3) is 0.179. The first-order chi connectivity index (χ1) is 59.0. The number of amides is 6. The lowest BCUT2D eigenvalue weighted by Crippen LogP contribution is -2.27. The number of carbonyl (C=O) groups excluding carboxylic acids is 3. The summed E-state index contributed by atoms with van der Waals surface area (Å²) >= 11 is 35.5. The summed E-state index contributed by atoms with van der Waals surface area (Å²) in [7, 11) is 0. The van der Waals surface area contributed by atoms with Crippen molar-refractivity contribution in [3.8, 4) is 0 Å². The SMILES string of the molecule is Cc1ccc(Nc2c3ccccc3nc3c(C)cccc23)cc1NC(=O)Nc1ccc(N(CCCl)CCCl)cc1.Cc1cccc2c(Nc3cc(CO)cc(NC(=O)Nc4ccc(N(CCCl)CCCl)cc4)c3)c3ccccc3nc12.O=C(Nc1ccc(N(CCCl)CCCl)cc1)Nc1cc(CO)cc(Nc2c3ccccc3nc3ccccc23)c1. The Morgan fingerprint density at radius 1 is 0.289 bits per heavy atom. The zero-order valence-electron chi connectivity index (χ0n) is 66.8. The quantitative estimate of drug-likeness (QED) is 0.0154. The molecule has 0 saturated carbocycles. The summed E-state index contributed by atoms with van der Waals surface area (Å²) in [5.41, 5.74) is 21.8. The molecule has 121 heavy (non-hydrogen) atoms. The van der Waals surface area contributed by atoms with E-state index < -0.39 is 12.1 Å². The highest BCUT2D eigenvalue weighted by atomic mass is 35.5. The smallest absolute Gasteiger partial charge is 0.323 e. The standard InChI is InChI=1S/C32H31Cl2N5O2.C32H31Cl2N5O.C31H29Cl2N5O2/c1-21-5-4-7-28-30(21)38-29-8-3-2-6-27(29)31(28)35-24-17-22(20-40)18-25(19-24)37-32(41)36-23-9-11-26(12-10-23)39(15-13-33)16-14-34;1-21-10-11-24(35-31-26-7-3-4-9-28(26)37-30-22(2)6-5-8-27(30)31)20-29(21)38-32(40)36-23-12-14-25(15-13-23)39(18-16-33)19-17-34;32-13-15-38(16-14-33)25-11-9-22(10-12-25)35-31(40)36-24-18-21(20-39)17-23(19-24)34-30-26-5-1-3-7-28(26)37-29-8-4-2-6-27(29)30/h2-12,17-19,40H,13-16,20H2,1H3,(H,35,38)(H2,36,37,41);3-15,20H,16-19H2,1-2H3,(H,35,37)(H2,36,38,40);1-12,17-19,39H,13-16,20H2,(H,34,37)(H2,35,36,40). The number of carbonyl (C=O) groups is 3. The molecule has 0 unspecified atom stereocenters. The van der Waals surface area contributed by atoms with Gasteiger partial charge in [0.05, 0.1) is 63.4 Å². The molecule has 15 rings (SSSR count). The number of nitrogens with zero attached hydrogens (tertiary/aromatic N) is 6. The predicted octanol–water partition coefficient (Wildman–Crippen LogP) is 24.1. The fourth-order valence-electron chi connectivity index (χ4n) is 14.3. The number of hydrogen-bond acceptors (Lipinski definition) is 14. The molecule has 3 heterocycles. The molecular weight excluding hydrogens is 1640 g/mol. The van der Waals surface area contributed by atoms with Crippen LogP contribution in [0.15, 0.2) is 261 Å². The summed E-state index contributed by atoms with van der Waals surface area (Å²) in [6.45, 7) is 9.89. The van der Waals surface area contributed by atoms with Gasteiger partial charge in [0.2, 0.25) is 0 Å². The Bertz CT molecular complexity index is 6070. The van der Waals surface area contributed by atoms with Crippen molar-refractivity contribution < 1.29 is 24.6 Å². The number of aryl methyl sites for hydroxylation is 3. The molecule has 0 bridgehead atoms. The van der Waals surface area contributed by atoms with E-state index in [-0.39, 0.29) is 19.2 Å². The van der Waals surface area contributed by atoms with Gasteiger partial charge >= 0.3 is 18.1 Å². The van der Waals surface area contributed by atoms with Crippen LogP contribution in [0, 0.1) is 20.8 Å². The minimum Gasteiger partial charge on any atom is -0.392 e. The largest absolute Gasteiger partial charge is 0.392 e.